The molecule has 0 unspecified atom stereocenters. The second kappa shape index (κ2) is 14.3. The molecule has 1 amide bonds. The van der Waals surface area contributed by atoms with Crippen LogP contribution in [0.25, 0.3) is 0 Å². The lowest BCUT2D eigenvalue weighted by Crippen LogP contribution is -2.47. The van der Waals surface area contributed by atoms with Gasteiger partial charge in [-0.2, -0.15) is 0 Å². The number of aromatic nitrogens is 1. The highest BCUT2D eigenvalue weighted by molar-refractivity contribution is 5.79. The van der Waals surface area contributed by atoms with Crippen molar-refractivity contribution in [2.75, 3.05) is 44.2 Å². The molecule has 0 radical (unpaired) electrons. The summed E-state index contributed by atoms with van der Waals surface area (Å²) in [4.78, 5) is 25.8. The Bertz CT molecular complexity index is 985. The Morgan fingerprint density at radius 1 is 0.897 bits per heavy atom. The molecule has 5 heteroatoms. The van der Waals surface area contributed by atoms with Gasteiger partial charge in [0.1, 0.15) is 5.82 Å². The van der Waals surface area contributed by atoms with Crippen molar-refractivity contribution in [1.29, 1.82) is 0 Å². The van der Waals surface area contributed by atoms with E-state index in [1.807, 2.05) is 12.3 Å². The molecule has 3 heterocycles. The summed E-state index contributed by atoms with van der Waals surface area (Å²) in [6, 6.07) is 17.9. The fourth-order valence-electron chi connectivity index (χ4n) is 7.38. The average molecular weight is 531 g/mol. The van der Waals surface area contributed by atoms with E-state index in [9.17, 15) is 4.79 Å². The molecule has 0 spiro atoms. The Labute approximate surface area is 237 Å². The Morgan fingerprint density at radius 2 is 1.67 bits per heavy atom. The predicted octanol–water partition coefficient (Wildman–Crippen LogP) is 6.76. The second-order valence-electron chi connectivity index (χ2n) is 12.3. The maximum absolute atomic E-state index is 13.5. The molecule has 5 nitrogen and oxygen atoms in total. The number of unbranched alkanes of at least 4 members (excludes halogenated alkanes) is 3. The van der Waals surface area contributed by atoms with E-state index in [2.05, 4.69) is 64.1 Å². The first-order chi connectivity index (χ1) is 19.2. The monoisotopic (exact) mass is 530 g/mol. The van der Waals surface area contributed by atoms with Gasteiger partial charge in [0.15, 0.2) is 0 Å². The molecule has 2 aliphatic heterocycles. The summed E-state index contributed by atoms with van der Waals surface area (Å²) in [6.45, 7) is 8.58. The molecule has 1 aliphatic carbocycles. The van der Waals surface area contributed by atoms with Crippen LogP contribution in [0.1, 0.15) is 89.0 Å². The number of nitrogens with zero attached hydrogens (tertiary/aromatic N) is 4. The van der Waals surface area contributed by atoms with Crippen LogP contribution < -0.4 is 4.90 Å². The predicted molar refractivity (Wildman–Crippen MR) is 161 cm³/mol. The molecule has 0 bridgehead atoms. The number of pyridine rings is 1. The van der Waals surface area contributed by atoms with E-state index >= 15 is 0 Å². The van der Waals surface area contributed by atoms with Crippen molar-refractivity contribution in [3.63, 3.8) is 0 Å². The number of carbonyl (C=O) groups excluding carboxylic acids is 1. The van der Waals surface area contributed by atoms with Crippen molar-refractivity contribution in [3.8, 4) is 0 Å². The molecule has 39 heavy (non-hydrogen) atoms. The molecule has 0 N–H and O–H groups in total. The van der Waals surface area contributed by atoms with Gasteiger partial charge in [-0.05, 0) is 55.7 Å². The zero-order chi connectivity index (χ0) is 26.9. The number of rotatable bonds is 11. The fourth-order valence-corrected chi connectivity index (χ4v) is 7.38. The fraction of sp³-hybridized carbons (Fsp3) is 0.647. The first-order valence-corrected chi connectivity index (χ1v) is 16.0. The molecule has 2 atom stereocenters. The normalized spacial score (nSPS) is 23.3. The number of likely N-dealkylation sites (tertiary alicyclic amines) is 2. The van der Waals surface area contributed by atoms with E-state index < -0.39 is 0 Å². The van der Waals surface area contributed by atoms with Crippen molar-refractivity contribution in [2.24, 2.45) is 11.8 Å². The Morgan fingerprint density at radius 3 is 2.38 bits per heavy atom. The summed E-state index contributed by atoms with van der Waals surface area (Å²) in [6.07, 6.45) is 15.4. The Balaban J connectivity index is 1.21. The molecular weight excluding hydrogens is 480 g/mol. The van der Waals surface area contributed by atoms with Gasteiger partial charge >= 0.3 is 0 Å². The van der Waals surface area contributed by atoms with Crippen molar-refractivity contribution in [1.82, 2.24) is 14.8 Å². The van der Waals surface area contributed by atoms with Crippen LogP contribution in [-0.4, -0.2) is 66.0 Å². The van der Waals surface area contributed by atoms with Crippen LogP contribution in [0.4, 0.5) is 5.82 Å². The van der Waals surface area contributed by atoms with Gasteiger partial charge in [0.25, 0.3) is 0 Å². The lowest BCUT2D eigenvalue weighted by molar-refractivity contribution is -0.135. The zero-order valence-corrected chi connectivity index (χ0v) is 24.2. The van der Waals surface area contributed by atoms with Crippen LogP contribution in [-0.2, 0) is 4.79 Å². The smallest absolute Gasteiger partial charge is 0.225 e. The summed E-state index contributed by atoms with van der Waals surface area (Å²) in [5, 5.41) is 0. The Kier molecular flexibility index (Phi) is 10.3. The number of carbonyl (C=O) groups is 1. The lowest BCUT2D eigenvalue weighted by atomic mass is 9.88. The summed E-state index contributed by atoms with van der Waals surface area (Å²) < 4.78 is 0. The summed E-state index contributed by atoms with van der Waals surface area (Å²) in [5.41, 5.74) is 1.41. The van der Waals surface area contributed by atoms with E-state index in [-0.39, 0.29) is 5.92 Å². The van der Waals surface area contributed by atoms with Crippen LogP contribution in [0.5, 0.6) is 0 Å². The van der Waals surface area contributed by atoms with Crippen molar-refractivity contribution in [2.45, 2.75) is 89.5 Å². The third-order valence-electron chi connectivity index (χ3n) is 9.62. The van der Waals surface area contributed by atoms with Crippen LogP contribution in [0.3, 0.4) is 0 Å². The molecule has 2 aromatic rings. The topological polar surface area (TPSA) is 39.7 Å². The SMILES string of the molecule is CCCCCCN(c1ccccn1)C1CCN(C[C@H]2CN(C(=O)C3CCCCC3)C[C@@H]2c2ccccc2)CC1. The highest BCUT2D eigenvalue weighted by Crippen LogP contribution is 2.36. The van der Waals surface area contributed by atoms with Gasteiger partial charge < -0.3 is 14.7 Å². The van der Waals surface area contributed by atoms with Gasteiger partial charge in [-0.15, -0.1) is 0 Å². The van der Waals surface area contributed by atoms with Crippen LogP contribution in [0.2, 0.25) is 0 Å². The van der Waals surface area contributed by atoms with Gasteiger partial charge in [0.2, 0.25) is 5.91 Å². The number of hydrogen-bond donors (Lipinski definition) is 0. The van der Waals surface area contributed by atoms with E-state index in [0.717, 1.165) is 57.9 Å². The first-order valence-electron chi connectivity index (χ1n) is 16.0. The van der Waals surface area contributed by atoms with E-state index in [1.165, 1.54) is 63.4 Å². The minimum atomic E-state index is 0.263. The molecule has 5 rings (SSSR count). The molecule has 3 fully saturated rings. The summed E-state index contributed by atoms with van der Waals surface area (Å²) >= 11 is 0. The third-order valence-corrected chi connectivity index (χ3v) is 9.62. The van der Waals surface area contributed by atoms with E-state index in [1.54, 1.807) is 0 Å². The second-order valence-corrected chi connectivity index (χ2v) is 12.3. The molecular formula is C34H50N4O. The van der Waals surface area contributed by atoms with Gasteiger partial charge in [0.05, 0.1) is 0 Å². The lowest BCUT2D eigenvalue weighted by Gasteiger charge is -2.40. The number of anilines is 1. The minimum Gasteiger partial charge on any atom is -0.354 e. The maximum Gasteiger partial charge on any atom is 0.225 e. The van der Waals surface area contributed by atoms with Crippen LogP contribution in [0, 0.1) is 11.8 Å². The molecule has 212 valence electrons. The molecule has 1 aromatic heterocycles. The van der Waals surface area contributed by atoms with Crippen molar-refractivity contribution < 1.29 is 4.79 Å². The summed E-state index contributed by atoms with van der Waals surface area (Å²) in [7, 11) is 0. The van der Waals surface area contributed by atoms with Gasteiger partial charge in [-0.25, -0.2) is 4.98 Å². The van der Waals surface area contributed by atoms with Crippen molar-refractivity contribution in [3.05, 3.63) is 60.3 Å². The molecule has 1 aromatic carbocycles. The summed E-state index contributed by atoms with van der Waals surface area (Å²) in [5.74, 6) is 2.80. The average Bonchev–Trinajstić information content (AvgIpc) is 3.42. The molecule has 1 saturated carbocycles. The minimum absolute atomic E-state index is 0.263. The van der Waals surface area contributed by atoms with Crippen molar-refractivity contribution >= 4 is 11.7 Å². The molecule has 3 aliphatic rings. The van der Waals surface area contributed by atoms with Gasteiger partial charge in [-0.1, -0.05) is 81.8 Å². The largest absolute Gasteiger partial charge is 0.354 e. The number of amides is 1. The highest BCUT2D eigenvalue weighted by Gasteiger charge is 2.39. The zero-order valence-electron chi connectivity index (χ0n) is 24.2. The standard InChI is InChI=1S/C34H50N4O/c1-2-3-4-13-22-38(33-18-11-12-21-35-33)31-19-23-36(24-20-31)25-30-26-37(34(39)29-16-9-6-10-17-29)27-32(30)28-14-7-5-8-15-28/h5,7-8,11-12,14-15,18,21,29-32H,2-4,6,9-10,13,16-17,19-20,22-27H2,1H3/t30-,32+/m0/s1. The maximum atomic E-state index is 13.5. The number of piperidine rings is 1. The highest BCUT2D eigenvalue weighted by atomic mass is 16.2. The third kappa shape index (κ3) is 7.42. The Hall–Kier alpha value is -2.40. The number of hydrogen-bond acceptors (Lipinski definition) is 4. The number of benzene rings is 1. The molecule has 2 saturated heterocycles. The van der Waals surface area contributed by atoms with Gasteiger partial charge in [0, 0.05) is 63.3 Å². The van der Waals surface area contributed by atoms with E-state index in [0.29, 0.717) is 23.8 Å². The quantitative estimate of drug-likeness (QED) is 0.301. The van der Waals surface area contributed by atoms with Crippen LogP contribution >= 0.6 is 0 Å². The van der Waals surface area contributed by atoms with Gasteiger partial charge in [-0.3, -0.25) is 4.79 Å². The first kappa shape index (κ1) is 28.1. The van der Waals surface area contributed by atoms with E-state index in [4.69, 9.17) is 4.98 Å². The van der Waals surface area contributed by atoms with Crippen LogP contribution in [0.15, 0.2) is 54.7 Å².